The first-order valence-corrected chi connectivity index (χ1v) is 6.47. The molecule has 8 heteroatoms. The van der Waals surface area contributed by atoms with Crippen molar-refractivity contribution in [2.45, 2.75) is 6.54 Å². The molecule has 0 spiro atoms. The van der Waals surface area contributed by atoms with E-state index >= 15 is 0 Å². The van der Waals surface area contributed by atoms with Crippen LogP contribution in [0.15, 0.2) is 32.0 Å². The minimum atomic E-state index is -0.410. The second-order valence-corrected chi connectivity index (χ2v) is 4.82. The van der Waals surface area contributed by atoms with E-state index in [1.54, 1.807) is 12.1 Å². The first kappa shape index (κ1) is 13.2. The zero-order valence-electron chi connectivity index (χ0n) is 8.98. The van der Waals surface area contributed by atoms with Gasteiger partial charge in [0.25, 0.3) is 5.91 Å². The van der Waals surface area contributed by atoms with Crippen LogP contribution in [-0.4, -0.2) is 15.9 Å². The number of furan rings is 1. The van der Waals surface area contributed by atoms with Crippen LogP contribution in [0, 0.1) is 0 Å². The number of rotatable bonds is 3. The minimum absolute atomic E-state index is 0.173. The van der Waals surface area contributed by atoms with Gasteiger partial charge in [0.1, 0.15) is 15.0 Å². The van der Waals surface area contributed by atoms with E-state index in [9.17, 15) is 4.79 Å². The fourth-order valence-electron chi connectivity index (χ4n) is 1.21. The van der Waals surface area contributed by atoms with Crippen LogP contribution in [0.3, 0.4) is 0 Å². The van der Waals surface area contributed by atoms with E-state index in [-0.39, 0.29) is 12.3 Å². The third kappa shape index (κ3) is 2.95. The summed E-state index contributed by atoms with van der Waals surface area (Å²) in [5, 5.41) is 2.58. The fraction of sp³-hybridized carbons (Fsp3) is 0.100. The quantitative estimate of drug-likeness (QED) is 0.858. The molecule has 2 rings (SSSR count). The molecule has 0 aliphatic rings. The molecule has 2 aromatic rings. The van der Waals surface area contributed by atoms with Crippen LogP contribution in [0.25, 0.3) is 0 Å². The third-order valence-corrected chi connectivity index (χ3v) is 2.95. The lowest BCUT2D eigenvalue weighted by atomic mass is 10.4. The van der Waals surface area contributed by atoms with E-state index in [2.05, 4.69) is 47.1 Å². The molecule has 0 saturated heterocycles. The molecular weight excluding hydrogens is 368 g/mol. The summed E-state index contributed by atoms with van der Waals surface area (Å²) >= 11 is 6.37. The number of aromatic nitrogens is 2. The molecule has 1 amide bonds. The molecule has 2 aromatic heterocycles. The maximum Gasteiger partial charge on any atom is 0.292 e. The van der Waals surface area contributed by atoms with Crippen molar-refractivity contribution in [2.75, 3.05) is 5.32 Å². The van der Waals surface area contributed by atoms with Crippen molar-refractivity contribution in [3.8, 4) is 0 Å². The molecule has 18 heavy (non-hydrogen) atoms. The van der Waals surface area contributed by atoms with E-state index in [1.807, 2.05) is 0 Å². The van der Waals surface area contributed by atoms with Gasteiger partial charge < -0.3 is 15.5 Å². The van der Waals surface area contributed by atoms with Crippen molar-refractivity contribution in [3.05, 3.63) is 39.1 Å². The molecule has 0 atom stereocenters. The molecule has 2 heterocycles. The normalized spacial score (nSPS) is 10.4. The van der Waals surface area contributed by atoms with Gasteiger partial charge in [-0.15, -0.1) is 0 Å². The number of carbonyl (C=O) groups excluding carboxylic acids is 1. The van der Waals surface area contributed by atoms with Crippen molar-refractivity contribution < 1.29 is 9.21 Å². The fourth-order valence-corrected chi connectivity index (χ4v) is 2.12. The maximum atomic E-state index is 11.8. The molecule has 0 saturated carbocycles. The highest BCUT2D eigenvalue weighted by atomic mass is 79.9. The van der Waals surface area contributed by atoms with Crippen molar-refractivity contribution in [3.63, 3.8) is 0 Å². The topological polar surface area (TPSA) is 94.0 Å². The van der Waals surface area contributed by atoms with Crippen molar-refractivity contribution >= 4 is 43.6 Å². The minimum Gasteiger partial charge on any atom is -0.455 e. The van der Waals surface area contributed by atoms with Crippen LogP contribution in [-0.2, 0) is 6.54 Å². The zero-order chi connectivity index (χ0) is 13.1. The van der Waals surface area contributed by atoms with Gasteiger partial charge >= 0.3 is 0 Å². The highest BCUT2D eigenvalue weighted by Crippen LogP contribution is 2.20. The Kier molecular flexibility index (Phi) is 4.10. The number of amides is 1. The SMILES string of the molecule is NCc1ccc(C(=O)Nc2ncc(Br)nc2Br)o1. The molecule has 0 radical (unpaired) electrons. The lowest BCUT2D eigenvalue weighted by Gasteiger charge is -2.03. The maximum absolute atomic E-state index is 11.8. The van der Waals surface area contributed by atoms with E-state index in [1.165, 1.54) is 6.20 Å². The molecule has 0 fully saturated rings. The molecule has 0 bridgehead atoms. The summed E-state index contributed by atoms with van der Waals surface area (Å²) in [6.07, 6.45) is 1.48. The molecule has 0 aromatic carbocycles. The molecule has 94 valence electrons. The molecule has 3 N–H and O–H groups in total. The Morgan fingerprint density at radius 2 is 2.22 bits per heavy atom. The predicted molar refractivity (Wildman–Crippen MR) is 72.0 cm³/mol. The van der Waals surface area contributed by atoms with Gasteiger partial charge in [0, 0.05) is 0 Å². The Hall–Kier alpha value is -1.25. The Morgan fingerprint density at radius 1 is 1.44 bits per heavy atom. The summed E-state index contributed by atoms with van der Waals surface area (Å²) in [6, 6.07) is 3.20. The highest BCUT2D eigenvalue weighted by Gasteiger charge is 2.14. The molecule has 0 unspecified atom stereocenters. The van der Waals surface area contributed by atoms with Crippen molar-refractivity contribution in [1.82, 2.24) is 9.97 Å². The van der Waals surface area contributed by atoms with Gasteiger partial charge in [0.2, 0.25) is 0 Å². The van der Waals surface area contributed by atoms with Crippen molar-refractivity contribution in [2.24, 2.45) is 5.73 Å². The summed E-state index contributed by atoms with van der Waals surface area (Å²) in [5.74, 6) is 0.620. The number of hydrogen-bond donors (Lipinski definition) is 2. The average Bonchev–Trinajstić information content (AvgIpc) is 2.81. The zero-order valence-corrected chi connectivity index (χ0v) is 12.2. The molecular formula is C10H8Br2N4O2. The lowest BCUT2D eigenvalue weighted by molar-refractivity contribution is 0.0994. The Morgan fingerprint density at radius 3 is 2.83 bits per heavy atom. The van der Waals surface area contributed by atoms with Gasteiger partial charge in [-0.3, -0.25) is 4.79 Å². The molecule has 0 aliphatic carbocycles. The van der Waals surface area contributed by atoms with Gasteiger partial charge in [0.15, 0.2) is 11.6 Å². The summed E-state index contributed by atoms with van der Waals surface area (Å²) in [4.78, 5) is 19.9. The van der Waals surface area contributed by atoms with Gasteiger partial charge in [-0.1, -0.05) is 0 Å². The lowest BCUT2D eigenvalue weighted by Crippen LogP contribution is -2.13. The monoisotopic (exact) mass is 374 g/mol. The Bertz CT molecular complexity index is 585. The van der Waals surface area contributed by atoms with Crippen LogP contribution >= 0.6 is 31.9 Å². The number of carbonyl (C=O) groups is 1. The van der Waals surface area contributed by atoms with Gasteiger partial charge in [-0.2, -0.15) is 0 Å². The smallest absolute Gasteiger partial charge is 0.292 e. The standard InChI is InChI=1S/C10H8Br2N4O2/c11-7-4-14-9(8(12)15-7)16-10(17)6-2-1-5(3-13)18-6/h1-2,4H,3,13H2,(H,14,16,17). The summed E-state index contributed by atoms with van der Waals surface area (Å²) in [5.41, 5.74) is 5.40. The largest absolute Gasteiger partial charge is 0.455 e. The first-order valence-electron chi connectivity index (χ1n) is 4.88. The van der Waals surface area contributed by atoms with Crippen LogP contribution in [0.4, 0.5) is 5.82 Å². The van der Waals surface area contributed by atoms with Crippen molar-refractivity contribution in [1.29, 1.82) is 0 Å². The summed E-state index contributed by atoms with van der Waals surface area (Å²) in [7, 11) is 0. The van der Waals surface area contributed by atoms with Crippen LogP contribution in [0.2, 0.25) is 0 Å². The van der Waals surface area contributed by atoms with E-state index < -0.39 is 5.91 Å². The van der Waals surface area contributed by atoms with E-state index in [0.29, 0.717) is 20.8 Å². The Balaban J connectivity index is 2.16. The first-order chi connectivity index (χ1) is 8.60. The van der Waals surface area contributed by atoms with Crippen LogP contribution < -0.4 is 11.1 Å². The second kappa shape index (κ2) is 5.59. The van der Waals surface area contributed by atoms with E-state index in [4.69, 9.17) is 10.2 Å². The summed E-state index contributed by atoms with van der Waals surface area (Å²) < 4.78 is 6.21. The second-order valence-electron chi connectivity index (χ2n) is 3.26. The van der Waals surface area contributed by atoms with Gasteiger partial charge in [0.05, 0.1) is 12.7 Å². The number of nitrogens with zero attached hydrogens (tertiary/aromatic N) is 2. The highest BCUT2D eigenvalue weighted by molar-refractivity contribution is 9.11. The van der Waals surface area contributed by atoms with Gasteiger partial charge in [-0.25, -0.2) is 9.97 Å². The molecule has 0 aliphatic heterocycles. The van der Waals surface area contributed by atoms with E-state index in [0.717, 1.165) is 0 Å². The number of nitrogens with two attached hydrogens (primary N) is 1. The molecule has 6 nitrogen and oxygen atoms in total. The van der Waals surface area contributed by atoms with Gasteiger partial charge in [-0.05, 0) is 44.0 Å². The van der Waals surface area contributed by atoms with Crippen LogP contribution in [0.5, 0.6) is 0 Å². The average molecular weight is 376 g/mol. The number of anilines is 1. The Labute approximate surface area is 119 Å². The van der Waals surface area contributed by atoms with Crippen LogP contribution in [0.1, 0.15) is 16.3 Å². The number of hydrogen-bond acceptors (Lipinski definition) is 5. The number of halogens is 2. The number of nitrogens with one attached hydrogen (secondary N) is 1. The summed E-state index contributed by atoms with van der Waals surface area (Å²) in [6.45, 7) is 0.245. The third-order valence-electron chi connectivity index (χ3n) is 2.02. The predicted octanol–water partition coefficient (Wildman–Crippen LogP) is 2.31.